The van der Waals surface area contributed by atoms with Crippen molar-refractivity contribution in [2.45, 2.75) is 65.9 Å². The Bertz CT molecular complexity index is 844. The van der Waals surface area contributed by atoms with Crippen LogP contribution >= 0.6 is 0 Å². The van der Waals surface area contributed by atoms with Crippen LogP contribution in [-0.4, -0.2) is 48.9 Å². The summed E-state index contributed by atoms with van der Waals surface area (Å²) in [6, 6.07) is 9.43. The van der Waals surface area contributed by atoms with Crippen molar-refractivity contribution in [3.63, 3.8) is 0 Å². The molecular weight excluding hydrogens is 406 g/mol. The zero-order chi connectivity index (χ0) is 22.9. The number of Topliss-reactive ketones (excluding diaryl/α,β-unsaturated/α-hetero) is 1. The summed E-state index contributed by atoms with van der Waals surface area (Å²) in [5, 5.41) is -1.10. The van der Waals surface area contributed by atoms with Crippen LogP contribution in [0.25, 0.3) is 0 Å². The number of benzene rings is 1. The normalized spacial score (nSPS) is 14.8. The molecule has 0 bridgehead atoms. The fraction of sp³-hybridized carbons (Fsp3) is 0.545. The maximum Gasteiger partial charge on any atom is 0.307 e. The van der Waals surface area contributed by atoms with E-state index in [-0.39, 0.29) is 24.6 Å². The molecule has 2 unspecified atom stereocenters. The first kappa shape index (κ1) is 26.0. The van der Waals surface area contributed by atoms with E-state index in [0.717, 1.165) is 5.56 Å². The zero-order valence-corrected chi connectivity index (χ0v) is 19.5. The highest BCUT2D eigenvalue weighted by Crippen LogP contribution is 2.26. The van der Waals surface area contributed by atoms with Crippen molar-refractivity contribution in [3.05, 3.63) is 47.2 Å². The van der Waals surface area contributed by atoms with Gasteiger partial charge in [-0.3, -0.25) is 9.59 Å². The van der Waals surface area contributed by atoms with Gasteiger partial charge in [0.05, 0.1) is 12.7 Å². The van der Waals surface area contributed by atoms with Crippen molar-refractivity contribution in [3.8, 4) is 0 Å². The molecular formula is C22H33NO6S. The van der Waals surface area contributed by atoms with E-state index in [1.54, 1.807) is 20.8 Å². The van der Waals surface area contributed by atoms with Crippen LogP contribution < -0.4 is 0 Å². The summed E-state index contributed by atoms with van der Waals surface area (Å²) in [5.74, 6) is -0.738. The molecule has 0 amide bonds. The molecule has 8 heteroatoms. The minimum absolute atomic E-state index is 0.00807. The van der Waals surface area contributed by atoms with Crippen LogP contribution in [0.5, 0.6) is 0 Å². The molecule has 0 saturated heterocycles. The van der Waals surface area contributed by atoms with Gasteiger partial charge in [-0.15, -0.1) is 0 Å². The van der Waals surface area contributed by atoms with Gasteiger partial charge in [0.25, 0.3) is 0 Å². The molecule has 0 aliphatic rings. The Morgan fingerprint density at radius 3 is 2.07 bits per heavy atom. The zero-order valence-electron chi connectivity index (χ0n) is 18.7. The van der Waals surface area contributed by atoms with Gasteiger partial charge in [0.2, 0.25) is 10.0 Å². The van der Waals surface area contributed by atoms with Gasteiger partial charge in [-0.1, -0.05) is 44.2 Å². The number of sulfonamides is 1. The molecule has 0 radical (unpaired) electrons. The molecule has 30 heavy (non-hydrogen) atoms. The van der Waals surface area contributed by atoms with Crippen molar-refractivity contribution >= 4 is 21.8 Å². The smallest absolute Gasteiger partial charge is 0.307 e. The van der Waals surface area contributed by atoms with Gasteiger partial charge in [-0.2, -0.15) is 0 Å². The lowest BCUT2D eigenvalue weighted by Crippen LogP contribution is -2.39. The third kappa shape index (κ3) is 7.34. The third-order valence-corrected chi connectivity index (χ3v) is 7.12. The van der Waals surface area contributed by atoms with Crippen LogP contribution in [0.4, 0.5) is 0 Å². The highest BCUT2D eigenvalue weighted by Gasteiger charge is 2.34. The summed E-state index contributed by atoms with van der Waals surface area (Å²) >= 11 is 0. The van der Waals surface area contributed by atoms with Crippen molar-refractivity contribution in [2.24, 2.45) is 0 Å². The second kappa shape index (κ2) is 12.0. The summed E-state index contributed by atoms with van der Waals surface area (Å²) in [6.07, 6.45) is -0.673. The van der Waals surface area contributed by atoms with E-state index in [1.165, 1.54) is 25.1 Å². The van der Waals surface area contributed by atoms with E-state index >= 15 is 0 Å². The van der Waals surface area contributed by atoms with Crippen molar-refractivity contribution in [1.82, 2.24) is 4.31 Å². The Hall–Kier alpha value is -2.03. The first-order valence-electron chi connectivity index (χ1n) is 10.1. The number of carbonyl (C=O) groups excluding carboxylic acids is 2. The molecule has 1 rings (SSSR count). The van der Waals surface area contributed by atoms with E-state index in [4.69, 9.17) is 9.47 Å². The van der Waals surface area contributed by atoms with Gasteiger partial charge in [-0.05, 0) is 31.9 Å². The maximum atomic E-state index is 13.0. The molecule has 0 spiro atoms. The molecule has 0 fully saturated rings. The van der Waals surface area contributed by atoms with Crippen LogP contribution in [0.15, 0.2) is 41.7 Å². The molecule has 0 aliphatic heterocycles. The van der Waals surface area contributed by atoms with Crippen molar-refractivity contribution in [2.75, 3.05) is 13.1 Å². The minimum atomic E-state index is -3.76. The highest BCUT2D eigenvalue weighted by molar-refractivity contribution is 7.89. The fourth-order valence-corrected chi connectivity index (χ4v) is 4.78. The van der Waals surface area contributed by atoms with E-state index in [0.29, 0.717) is 18.7 Å². The van der Waals surface area contributed by atoms with Crippen LogP contribution in [0.3, 0.4) is 0 Å². The van der Waals surface area contributed by atoms with E-state index in [1.807, 2.05) is 30.3 Å². The van der Waals surface area contributed by atoms with Gasteiger partial charge in [0.15, 0.2) is 0 Å². The van der Waals surface area contributed by atoms with Crippen molar-refractivity contribution in [1.29, 1.82) is 0 Å². The minimum Gasteiger partial charge on any atom is -0.430 e. The standard InChI is InChI=1S/C22H33NO6S/c1-7-23(8-2)30(26,27)18(5)22(29-19(6)25)17(4)21(14-16(3)24)28-15-20-12-10-9-11-13-20/h9-13,18,21H,7-8,14-15H2,1-6H3/b22-17+. The fourth-order valence-electron chi connectivity index (χ4n) is 3.11. The monoisotopic (exact) mass is 439 g/mol. The van der Waals surface area contributed by atoms with Gasteiger partial charge in [0, 0.05) is 26.4 Å². The molecule has 0 heterocycles. The average Bonchev–Trinajstić information content (AvgIpc) is 2.69. The van der Waals surface area contributed by atoms with Gasteiger partial charge in [0.1, 0.15) is 16.8 Å². The number of ketones is 1. The van der Waals surface area contributed by atoms with E-state index in [2.05, 4.69) is 0 Å². The molecule has 1 aromatic rings. The summed E-state index contributed by atoms with van der Waals surface area (Å²) in [5.41, 5.74) is 1.33. The summed E-state index contributed by atoms with van der Waals surface area (Å²) in [6.45, 7) is 10.1. The van der Waals surface area contributed by atoms with Crippen LogP contribution in [0, 0.1) is 0 Å². The third-order valence-electron chi connectivity index (χ3n) is 4.77. The molecule has 0 N–H and O–H groups in total. The highest BCUT2D eigenvalue weighted by atomic mass is 32.2. The van der Waals surface area contributed by atoms with Gasteiger partial charge in [-0.25, -0.2) is 12.7 Å². The first-order valence-corrected chi connectivity index (χ1v) is 11.6. The van der Waals surface area contributed by atoms with Gasteiger partial charge < -0.3 is 9.47 Å². The summed E-state index contributed by atoms with van der Waals surface area (Å²) < 4.78 is 38.7. The van der Waals surface area contributed by atoms with E-state index in [9.17, 15) is 18.0 Å². The Kier molecular flexibility index (Phi) is 10.4. The Balaban J connectivity index is 3.35. The lowest BCUT2D eigenvalue weighted by Gasteiger charge is -2.27. The Morgan fingerprint density at radius 2 is 1.60 bits per heavy atom. The predicted octanol–water partition coefficient (Wildman–Crippen LogP) is 3.45. The Labute approximate surface area is 180 Å². The molecule has 0 saturated carbocycles. The lowest BCUT2D eigenvalue weighted by atomic mass is 10.0. The van der Waals surface area contributed by atoms with Crippen LogP contribution in [-0.2, 0) is 35.7 Å². The Morgan fingerprint density at radius 1 is 1.03 bits per heavy atom. The number of carbonyl (C=O) groups is 2. The predicted molar refractivity (Wildman–Crippen MR) is 116 cm³/mol. The molecule has 0 aliphatic carbocycles. The maximum absolute atomic E-state index is 13.0. The first-order chi connectivity index (χ1) is 14.0. The molecule has 7 nitrogen and oxygen atoms in total. The quantitative estimate of drug-likeness (QED) is 0.366. The number of hydrogen-bond donors (Lipinski definition) is 0. The second-order valence-corrected chi connectivity index (χ2v) is 9.36. The van der Waals surface area contributed by atoms with Crippen LogP contribution in [0.2, 0.25) is 0 Å². The number of ether oxygens (including phenoxy) is 2. The topological polar surface area (TPSA) is 90.0 Å². The van der Waals surface area contributed by atoms with E-state index < -0.39 is 27.3 Å². The lowest BCUT2D eigenvalue weighted by molar-refractivity contribution is -0.137. The number of nitrogens with zero attached hydrogens (tertiary/aromatic N) is 1. The van der Waals surface area contributed by atoms with Crippen molar-refractivity contribution < 1.29 is 27.5 Å². The van der Waals surface area contributed by atoms with Gasteiger partial charge >= 0.3 is 5.97 Å². The average molecular weight is 440 g/mol. The second-order valence-electron chi connectivity index (χ2n) is 7.10. The molecule has 0 aromatic heterocycles. The summed E-state index contributed by atoms with van der Waals surface area (Å²) in [7, 11) is -3.76. The van der Waals surface area contributed by atoms with Crippen LogP contribution in [0.1, 0.15) is 53.5 Å². The number of esters is 1. The number of rotatable bonds is 12. The molecule has 1 aromatic carbocycles. The summed E-state index contributed by atoms with van der Waals surface area (Å²) in [4.78, 5) is 23.6. The molecule has 168 valence electrons. The number of hydrogen-bond acceptors (Lipinski definition) is 6. The molecule has 2 atom stereocenters. The SMILES string of the molecule is CCN(CC)S(=O)(=O)C(C)/C(OC(C)=O)=C(/C)C(CC(C)=O)OCc1ccccc1. The largest absolute Gasteiger partial charge is 0.430 e.